The molecule has 0 aromatic carbocycles. The highest BCUT2D eigenvalue weighted by Gasteiger charge is 2.16. The molecule has 0 amide bonds. The summed E-state index contributed by atoms with van der Waals surface area (Å²) in [7, 11) is 2.25. The molecule has 0 aromatic heterocycles. The van der Waals surface area contributed by atoms with Crippen LogP contribution in [-0.2, 0) is 0 Å². The second-order valence-corrected chi connectivity index (χ2v) is 6.22. The molecule has 2 nitrogen and oxygen atoms in total. The third-order valence-corrected chi connectivity index (χ3v) is 2.88. The molecule has 2 heteroatoms. The summed E-state index contributed by atoms with van der Waals surface area (Å²) in [5, 5.41) is 3.46. The summed E-state index contributed by atoms with van der Waals surface area (Å²) in [5.41, 5.74) is 0.406. The van der Waals surface area contributed by atoms with Crippen LogP contribution < -0.4 is 5.32 Å². The molecule has 0 rings (SSSR count). The van der Waals surface area contributed by atoms with E-state index in [-0.39, 0.29) is 0 Å². The zero-order chi connectivity index (χ0) is 12.6. The highest BCUT2D eigenvalue weighted by molar-refractivity contribution is 4.71. The Hall–Kier alpha value is -0.0800. The lowest BCUT2D eigenvalue weighted by molar-refractivity contribution is 0.173. The fourth-order valence-corrected chi connectivity index (χ4v) is 1.95. The highest BCUT2D eigenvalue weighted by atomic mass is 15.1. The van der Waals surface area contributed by atoms with Crippen molar-refractivity contribution in [2.24, 2.45) is 5.41 Å². The van der Waals surface area contributed by atoms with E-state index in [1.807, 2.05) is 0 Å². The Morgan fingerprint density at radius 1 is 1.19 bits per heavy atom. The molecule has 0 heterocycles. The molecule has 1 unspecified atom stereocenters. The number of nitrogens with zero attached hydrogens (tertiary/aromatic N) is 1. The predicted molar refractivity (Wildman–Crippen MR) is 73.9 cm³/mol. The number of hydrogen-bond acceptors (Lipinski definition) is 2. The maximum absolute atomic E-state index is 3.46. The zero-order valence-corrected chi connectivity index (χ0v) is 12.3. The van der Waals surface area contributed by atoms with Crippen LogP contribution in [0.4, 0.5) is 0 Å². The molecule has 0 saturated carbocycles. The van der Waals surface area contributed by atoms with Crippen LogP contribution in [0.3, 0.4) is 0 Å². The van der Waals surface area contributed by atoms with Crippen molar-refractivity contribution in [1.29, 1.82) is 0 Å². The van der Waals surface area contributed by atoms with E-state index < -0.39 is 0 Å². The van der Waals surface area contributed by atoms with Crippen molar-refractivity contribution >= 4 is 0 Å². The van der Waals surface area contributed by atoms with E-state index in [0.29, 0.717) is 11.5 Å². The lowest BCUT2D eigenvalue weighted by atomic mass is 9.95. The minimum absolute atomic E-state index is 0.406. The standard InChI is InChI=1S/C14H32N2/c1-7-10-15-11-8-9-13(2)16(6)12-14(3,4)5/h13,15H,7-12H2,1-6H3. The summed E-state index contributed by atoms with van der Waals surface area (Å²) >= 11 is 0. The summed E-state index contributed by atoms with van der Waals surface area (Å²) in [6, 6.07) is 0.697. The second kappa shape index (κ2) is 8.08. The fraction of sp³-hybridized carbons (Fsp3) is 1.00. The van der Waals surface area contributed by atoms with Crippen molar-refractivity contribution in [3.05, 3.63) is 0 Å². The van der Waals surface area contributed by atoms with Gasteiger partial charge < -0.3 is 10.2 Å². The predicted octanol–water partition coefficient (Wildman–Crippen LogP) is 3.13. The van der Waals surface area contributed by atoms with Crippen LogP contribution in [0.2, 0.25) is 0 Å². The molecule has 0 bridgehead atoms. The van der Waals surface area contributed by atoms with Gasteiger partial charge in [-0.25, -0.2) is 0 Å². The normalized spacial score (nSPS) is 14.4. The number of nitrogens with one attached hydrogen (secondary N) is 1. The molecule has 0 saturated heterocycles. The minimum atomic E-state index is 0.406. The van der Waals surface area contributed by atoms with Gasteiger partial charge >= 0.3 is 0 Å². The first-order valence-corrected chi connectivity index (χ1v) is 6.78. The molecular formula is C14H32N2. The van der Waals surface area contributed by atoms with Crippen molar-refractivity contribution in [2.45, 2.75) is 59.9 Å². The van der Waals surface area contributed by atoms with Crippen LogP contribution >= 0.6 is 0 Å². The van der Waals surface area contributed by atoms with E-state index in [0.717, 1.165) is 6.54 Å². The Morgan fingerprint density at radius 2 is 1.81 bits per heavy atom. The fourth-order valence-electron chi connectivity index (χ4n) is 1.95. The SMILES string of the molecule is CCCNCCCC(C)N(C)CC(C)(C)C. The largest absolute Gasteiger partial charge is 0.317 e. The van der Waals surface area contributed by atoms with Gasteiger partial charge in [-0.15, -0.1) is 0 Å². The number of hydrogen-bond donors (Lipinski definition) is 1. The summed E-state index contributed by atoms with van der Waals surface area (Å²) in [6.45, 7) is 15.0. The summed E-state index contributed by atoms with van der Waals surface area (Å²) in [5.74, 6) is 0. The molecule has 0 aliphatic heterocycles. The molecular weight excluding hydrogens is 196 g/mol. The van der Waals surface area contributed by atoms with E-state index in [2.05, 4.69) is 51.9 Å². The van der Waals surface area contributed by atoms with Crippen LogP contribution in [0.25, 0.3) is 0 Å². The minimum Gasteiger partial charge on any atom is -0.317 e. The van der Waals surface area contributed by atoms with Crippen LogP contribution in [0.1, 0.15) is 53.9 Å². The molecule has 1 N–H and O–H groups in total. The smallest absolute Gasteiger partial charge is 0.00645 e. The van der Waals surface area contributed by atoms with E-state index in [4.69, 9.17) is 0 Å². The molecule has 0 radical (unpaired) electrons. The zero-order valence-electron chi connectivity index (χ0n) is 12.3. The summed E-state index contributed by atoms with van der Waals surface area (Å²) in [6.07, 6.45) is 3.82. The van der Waals surface area contributed by atoms with Crippen molar-refractivity contribution in [2.75, 3.05) is 26.7 Å². The number of rotatable bonds is 8. The van der Waals surface area contributed by atoms with Gasteiger partial charge in [0.05, 0.1) is 0 Å². The van der Waals surface area contributed by atoms with Gasteiger partial charge in [0.25, 0.3) is 0 Å². The van der Waals surface area contributed by atoms with E-state index in [1.165, 1.54) is 32.4 Å². The Bertz CT molecular complexity index is 161. The summed E-state index contributed by atoms with van der Waals surface area (Å²) in [4.78, 5) is 2.49. The van der Waals surface area contributed by atoms with Crippen LogP contribution in [0.5, 0.6) is 0 Å². The van der Waals surface area contributed by atoms with Gasteiger partial charge in [-0.05, 0) is 51.7 Å². The van der Waals surface area contributed by atoms with Gasteiger partial charge in [-0.3, -0.25) is 0 Å². The van der Waals surface area contributed by atoms with Crippen molar-refractivity contribution in [3.63, 3.8) is 0 Å². The third kappa shape index (κ3) is 9.17. The van der Waals surface area contributed by atoms with Gasteiger partial charge in [-0.1, -0.05) is 27.7 Å². The van der Waals surface area contributed by atoms with Crippen molar-refractivity contribution in [3.8, 4) is 0 Å². The first-order valence-electron chi connectivity index (χ1n) is 6.78. The molecule has 0 aromatic rings. The first kappa shape index (κ1) is 15.9. The van der Waals surface area contributed by atoms with Gasteiger partial charge in [0.1, 0.15) is 0 Å². The van der Waals surface area contributed by atoms with Gasteiger partial charge in [0.15, 0.2) is 0 Å². The van der Waals surface area contributed by atoms with Gasteiger partial charge in [0.2, 0.25) is 0 Å². The lowest BCUT2D eigenvalue weighted by Gasteiger charge is -2.31. The Kier molecular flexibility index (Phi) is 8.04. The molecule has 0 aliphatic rings. The Labute approximate surface area is 103 Å². The maximum Gasteiger partial charge on any atom is 0.00645 e. The average molecular weight is 228 g/mol. The maximum atomic E-state index is 3.46. The monoisotopic (exact) mass is 228 g/mol. The van der Waals surface area contributed by atoms with Gasteiger partial charge in [0, 0.05) is 12.6 Å². The lowest BCUT2D eigenvalue weighted by Crippen LogP contribution is -2.36. The van der Waals surface area contributed by atoms with Crippen LogP contribution in [0, 0.1) is 5.41 Å². The average Bonchev–Trinajstić information content (AvgIpc) is 2.14. The molecule has 98 valence electrons. The molecule has 0 aliphatic carbocycles. The molecule has 0 fully saturated rings. The van der Waals surface area contributed by atoms with Crippen molar-refractivity contribution < 1.29 is 0 Å². The first-order chi connectivity index (χ1) is 7.37. The molecule has 1 atom stereocenters. The summed E-state index contributed by atoms with van der Waals surface area (Å²) < 4.78 is 0. The topological polar surface area (TPSA) is 15.3 Å². The highest BCUT2D eigenvalue weighted by Crippen LogP contribution is 2.16. The van der Waals surface area contributed by atoms with Crippen LogP contribution in [-0.4, -0.2) is 37.6 Å². The van der Waals surface area contributed by atoms with E-state index in [1.54, 1.807) is 0 Å². The molecule has 16 heavy (non-hydrogen) atoms. The van der Waals surface area contributed by atoms with Crippen molar-refractivity contribution in [1.82, 2.24) is 10.2 Å². The Balaban J connectivity index is 3.59. The quantitative estimate of drug-likeness (QED) is 0.642. The van der Waals surface area contributed by atoms with E-state index >= 15 is 0 Å². The van der Waals surface area contributed by atoms with Crippen LogP contribution in [0.15, 0.2) is 0 Å². The molecule has 0 spiro atoms. The third-order valence-electron chi connectivity index (χ3n) is 2.88. The second-order valence-electron chi connectivity index (χ2n) is 6.22. The van der Waals surface area contributed by atoms with Gasteiger partial charge in [-0.2, -0.15) is 0 Å². The van der Waals surface area contributed by atoms with E-state index in [9.17, 15) is 0 Å². The Morgan fingerprint density at radius 3 is 2.31 bits per heavy atom.